The van der Waals surface area contributed by atoms with Gasteiger partial charge in [-0.1, -0.05) is 36.4 Å². The molecule has 0 saturated heterocycles. The predicted octanol–water partition coefficient (Wildman–Crippen LogP) is 2.06. The summed E-state index contributed by atoms with van der Waals surface area (Å²) in [6.07, 6.45) is 4.85. The van der Waals surface area contributed by atoms with Crippen LogP contribution in [0.5, 0.6) is 0 Å². The Balaban J connectivity index is 2.09. The highest BCUT2D eigenvalue weighted by Gasteiger charge is 2.59. The van der Waals surface area contributed by atoms with Crippen LogP contribution in [0.25, 0.3) is 6.08 Å². The maximum absolute atomic E-state index is 10.9. The van der Waals surface area contributed by atoms with Crippen molar-refractivity contribution in [1.82, 2.24) is 0 Å². The minimum absolute atomic E-state index is 0.164. The summed E-state index contributed by atoms with van der Waals surface area (Å²) < 4.78 is 0. The number of fused-ring (bicyclic) bond motifs is 2. The smallest absolute Gasteiger partial charge is 0.307 e. The van der Waals surface area contributed by atoms with Gasteiger partial charge in [0.15, 0.2) is 0 Å². The predicted molar refractivity (Wildman–Crippen MR) is 52.9 cm³/mol. The van der Waals surface area contributed by atoms with E-state index in [1.165, 1.54) is 11.1 Å². The van der Waals surface area contributed by atoms with Gasteiger partial charge in [-0.05, 0) is 17.5 Å². The van der Waals surface area contributed by atoms with Crippen LogP contribution < -0.4 is 0 Å². The lowest BCUT2D eigenvalue weighted by molar-refractivity contribution is -0.138. The molecule has 2 aliphatic carbocycles. The Hall–Kier alpha value is -1.57. The van der Waals surface area contributed by atoms with Gasteiger partial charge in [0.2, 0.25) is 0 Å². The van der Waals surface area contributed by atoms with Crippen molar-refractivity contribution < 1.29 is 9.90 Å². The summed E-state index contributed by atoms with van der Waals surface area (Å²) in [7, 11) is 0. The Morgan fingerprint density at radius 1 is 1.43 bits per heavy atom. The molecule has 0 radical (unpaired) electrons. The molecule has 2 unspecified atom stereocenters. The third-order valence-electron chi connectivity index (χ3n) is 3.32. The summed E-state index contributed by atoms with van der Waals surface area (Å²) in [5, 5.41) is 8.97. The van der Waals surface area contributed by atoms with E-state index in [4.69, 9.17) is 5.11 Å². The van der Waals surface area contributed by atoms with Crippen LogP contribution in [0.1, 0.15) is 17.5 Å². The standard InChI is InChI=1S/C12H10O2/c13-11(14)10-7-12(10)6-5-8-3-1-2-4-9(8)12/h1-6,10H,7H2,(H,13,14). The number of hydrogen-bond donors (Lipinski definition) is 1. The number of carboxylic acid groups (broad SMARTS) is 1. The first kappa shape index (κ1) is 7.80. The molecule has 1 fully saturated rings. The summed E-state index contributed by atoms with van der Waals surface area (Å²) in [5.41, 5.74) is 2.20. The van der Waals surface area contributed by atoms with E-state index < -0.39 is 5.97 Å². The van der Waals surface area contributed by atoms with Crippen molar-refractivity contribution in [3.05, 3.63) is 41.5 Å². The Morgan fingerprint density at radius 3 is 2.93 bits per heavy atom. The van der Waals surface area contributed by atoms with Crippen molar-refractivity contribution in [3.8, 4) is 0 Å². The first-order valence-corrected chi connectivity index (χ1v) is 4.75. The van der Waals surface area contributed by atoms with Crippen LogP contribution in [0.3, 0.4) is 0 Å². The SMILES string of the molecule is O=C(O)C1CC12C=Cc1ccccc12. The molecule has 0 bridgehead atoms. The first-order chi connectivity index (χ1) is 6.74. The fourth-order valence-electron chi connectivity index (χ4n) is 2.46. The molecule has 2 heteroatoms. The van der Waals surface area contributed by atoms with Gasteiger partial charge < -0.3 is 5.11 Å². The van der Waals surface area contributed by atoms with Gasteiger partial charge in [0.1, 0.15) is 0 Å². The van der Waals surface area contributed by atoms with Crippen LogP contribution in [0.2, 0.25) is 0 Å². The summed E-state index contributed by atoms with van der Waals surface area (Å²) in [4.78, 5) is 10.9. The highest BCUT2D eigenvalue weighted by atomic mass is 16.4. The maximum atomic E-state index is 10.9. The Kier molecular flexibility index (Phi) is 1.26. The van der Waals surface area contributed by atoms with Crippen molar-refractivity contribution >= 4 is 12.0 Å². The van der Waals surface area contributed by atoms with Gasteiger partial charge in [-0.25, -0.2) is 0 Å². The lowest BCUT2D eigenvalue weighted by Gasteiger charge is -2.08. The van der Waals surface area contributed by atoms with Crippen molar-refractivity contribution in [2.45, 2.75) is 11.8 Å². The second-order valence-corrected chi connectivity index (χ2v) is 4.06. The molecule has 0 amide bonds. The number of carboxylic acids is 1. The molecule has 1 aromatic rings. The quantitative estimate of drug-likeness (QED) is 0.728. The van der Waals surface area contributed by atoms with Gasteiger partial charge >= 0.3 is 5.97 Å². The molecule has 1 aromatic carbocycles. The molecular weight excluding hydrogens is 176 g/mol. The molecule has 2 nitrogen and oxygen atoms in total. The van der Waals surface area contributed by atoms with Crippen LogP contribution in [0.15, 0.2) is 30.3 Å². The van der Waals surface area contributed by atoms with E-state index in [2.05, 4.69) is 6.08 Å². The average Bonchev–Trinajstić information content (AvgIpc) is 2.80. The van der Waals surface area contributed by atoms with E-state index in [9.17, 15) is 4.79 Å². The third kappa shape index (κ3) is 0.782. The number of benzene rings is 1. The van der Waals surface area contributed by atoms with E-state index >= 15 is 0 Å². The van der Waals surface area contributed by atoms with E-state index in [-0.39, 0.29) is 11.3 Å². The molecule has 0 aromatic heterocycles. The average molecular weight is 186 g/mol. The highest BCUT2D eigenvalue weighted by molar-refractivity contribution is 5.82. The minimum Gasteiger partial charge on any atom is -0.481 e. The van der Waals surface area contributed by atoms with Gasteiger partial charge in [0, 0.05) is 5.41 Å². The number of aliphatic carboxylic acids is 1. The van der Waals surface area contributed by atoms with Crippen molar-refractivity contribution in [1.29, 1.82) is 0 Å². The van der Waals surface area contributed by atoms with Crippen LogP contribution >= 0.6 is 0 Å². The first-order valence-electron chi connectivity index (χ1n) is 4.75. The molecule has 70 valence electrons. The molecule has 1 saturated carbocycles. The largest absolute Gasteiger partial charge is 0.481 e. The Morgan fingerprint density at radius 2 is 2.21 bits per heavy atom. The summed E-state index contributed by atoms with van der Waals surface area (Å²) in [5.74, 6) is -0.881. The topological polar surface area (TPSA) is 37.3 Å². The number of hydrogen-bond acceptors (Lipinski definition) is 1. The lowest BCUT2D eigenvalue weighted by Crippen LogP contribution is -2.10. The molecule has 1 spiro atoms. The van der Waals surface area contributed by atoms with Gasteiger partial charge in [0.05, 0.1) is 5.92 Å². The fraction of sp³-hybridized carbons (Fsp3) is 0.250. The van der Waals surface area contributed by atoms with Crippen molar-refractivity contribution in [2.75, 3.05) is 0 Å². The second kappa shape index (κ2) is 2.27. The van der Waals surface area contributed by atoms with Crippen LogP contribution in [0.4, 0.5) is 0 Å². The van der Waals surface area contributed by atoms with E-state index in [0.29, 0.717) is 0 Å². The normalized spacial score (nSPS) is 31.9. The zero-order chi connectivity index (χ0) is 9.76. The second-order valence-electron chi connectivity index (χ2n) is 4.06. The van der Waals surface area contributed by atoms with Crippen LogP contribution in [0, 0.1) is 5.92 Å². The van der Waals surface area contributed by atoms with E-state index in [1.807, 2.05) is 30.3 Å². The van der Waals surface area contributed by atoms with Gasteiger partial charge in [-0.3, -0.25) is 4.79 Å². The number of rotatable bonds is 1. The third-order valence-corrected chi connectivity index (χ3v) is 3.32. The maximum Gasteiger partial charge on any atom is 0.307 e. The summed E-state index contributed by atoms with van der Waals surface area (Å²) >= 11 is 0. The molecule has 0 heterocycles. The molecular formula is C12H10O2. The zero-order valence-corrected chi connectivity index (χ0v) is 7.60. The minimum atomic E-state index is -0.675. The van der Waals surface area contributed by atoms with Crippen LogP contribution in [-0.2, 0) is 10.2 Å². The van der Waals surface area contributed by atoms with Gasteiger partial charge in [-0.2, -0.15) is 0 Å². The summed E-state index contributed by atoms with van der Waals surface area (Å²) in [6, 6.07) is 8.04. The molecule has 2 aliphatic rings. The number of carbonyl (C=O) groups is 1. The van der Waals surface area contributed by atoms with E-state index in [0.717, 1.165) is 6.42 Å². The van der Waals surface area contributed by atoms with Crippen LogP contribution in [-0.4, -0.2) is 11.1 Å². The monoisotopic (exact) mass is 186 g/mol. The number of allylic oxidation sites excluding steroid dienone is 1. The van der Waals surface area contributed by atoms with Crippen molar-refractivity contribution in [3.63, 3.8) is 0 Å². The molecule has 1 N–H and O–H groups in total. The van der Waals surface area contributed by atoms with Gasteiger partial charge in [0.25, 0.3) is 0 Å². The van der Waals surface area contributed by atoms with E-state index in [1.54, 1.807) is 0 Å². The fourth-order valence-corrected chi connectivity index (χ4v) is 2.46. The molecule has 2 atom stereocenters. The van der Waals surface area contributed by atoms with Crippen molar-refractivity contribution in [2.24, 2.45) is 5.92 Å². The zero-order valence-electron chi connectivity index (χ0n) is 7.60. The highest BCUT2D eigenvalue weighted by Crippen LogP contribution is 2.59. The lowest BCUT2D eigenvalue weighted by atomic mass is 9.95. The summed E-state index contributed by atoms with van der Waals surface area (Å²) in [6.45, 7) is 0. The molecule has 3 rings (SSSR count). The Labute approximate surface area is 81.9 Å². The molecule has 0 aliphatic heterocycles. The Bertz CT molecular complexity index is 447. The molecule has 14 heavy (non-hydrogen) atoms. The van der Waals surface area contributed by atoms with Gasteiger partial charge in [-0.15, -0.1) is 0 Å².